The monoisotopic (exact) mass is 242 g/mol. The van der Waals surface area contributed by atoms with E-state index in [1.165, 1.54) is 0 Å². The summed E-state index contributed by atoms with van der Waals surface area (Å²) in [5.74, 6) is -3.03. The Morgan fingerprint density at radius 3 is 2.71 bits per heavy atom. The van der Waals surface area contributed by atoms with Gasteiger partial charge >= 0.3 is 11.9 Å². The van der Waals surface area contributed by atoms with Crippen LogP contribution in [0.5, 0.6) is 0 Å². The van der Waals surface area contributed by atoms with Crippen LogP contribution < -0.4 is 5.32 Å². The predicted molar refractivity (Wildman–Crippen MR) is 58.3 cm³/mol. The zero-order valence-corrected chi connectivity index (χ0v) is 9.18. The third-order valence-corrected chi connectivity index (χ3v) is 2.14. The molecule has 0 aliphatic carbocycles. The van der Waals surface area contributed by atoms with Crippen molar-refractivity contribution in [3.8, 4) is 0 Å². The van der Waals surface area contributed by atoms with Gasteiger partial charge < -0.3 is 20.4 Å². The van der Waals surface area contributed by atoms with Crippen molar-refractivity contribution >= 4 is 17.8 Å². The molecule has 0 unspecified atom stereocenters. The van der Waals surface area contributed by atoms with E-state index in [1.807, 2.05) is 0 Å². The lowest BCUT2D eigenvalue weighted by molar-refractivity contribution is -0.138. The molecular formula is C10H14N2O5. The third kappa shape index (κ3) is 5.01. The number of carbonyl (C=O) groups is 2. The molecule has 0 saturated carbocycles. The molecule has 7 nitrogen and oxygen atoms in total. The maximum Gasteiger partial charge on any atom is 0.374 e. The molecule has 0 radical (unpaired) electrons. The second kappa shape index (κ2) is 6.51. The Labute approximate surface area is 97.8 Å². The number of carboxylic acid groups (broad SMARTS) is 2. The molecule has 17 heavy (non-hydrogen) atoms. The van der Waals surface area contributed by atoms with Crippen LogP contribution >= 0.6 is 0 Å². The average molecular weight is 242 g/mol. The second-order valence-corrected chi connectivity index (χ2v) is 3.52. The molecule has 1 fully saturated rings. The van der Waals surface area contributed by atoms with Gasteiger partial charge in [0.2, 0.25) is 5.76 Å². The first-order valence-electron chi connectivity index (χ1n) is 5.25. The van der Waals surface area contributed by atoms with Crippen molar-refractivity contribution in [3.05, 3.63) is 11.8 Å². The highest BCUT2D eigenvalue weighted by Gasteiger charge is 2.13. The Hall–Kier alpha value is -2.05. The molecule has 0 aromatic carbocycles. The lowest BCUT2D eigenvalue weighted by atomic mass is 10.2. The quantitative estimate of drug-likeness (QED) is 0.377. The highest BCUT2D eigenvalue weighted by molar-refractivity contribution is 5.93. The number of amidine groups is 1. The molecule has 1 aliphatic rings. The summed E-state index contributed by atoms with van der Waals surface area (Å²) in [6.45, 7) is 0.757. The van der Waals surface area contributed by atoms with Crippen molar-refractivity contribution in [3.63, 3.8) is 0 Å². The second-order valence-electron chi connectivity index (χ2n) is 3.52. The maximum atomic E-state index is 10.6. The average Bonchev–Trinajstić information content (AvgIpc) is 2.51. The smallest absolute Gasteiger partial charge is 0.374 e. The van der Waals surface area contributed by atoms with Gasteiger partial charge in [-0.05, 0) is 12.8 Å². The maximum absolute atomic E-state index is 10.6. The SMILES string of the molecule is O=C(O)C=C(ON=C1CCCCCN1)C(=O)O. The molecule has 0 spiro atoms. The van der Waals surface area contributed by atoms with Gasteiger partial charge in [-0.2, -0.15) is 0 Å². The number of oxime groups is 1. The number of nitrogens with one attached hydrogen (secondary N) is 1. The van der Waals surface area contributed by atoms with E-state index in [0.29, 0.717) is 18.3 Å². The predicted octanol–water partition coefficient (Wildman–Crippen LogP) is 0.533. The van der Waals surface area contributed by atoms with E-state index < -0.39 is 17.7 Å². The van der Waals surface area contributed by atoms with Crippen LogP contribution in [0.1, 0.15) is 25.7 Å². The van der Waals surface area contributed by atoms with Crippen LogP contribution in [0.25, 0.3) is 0 Å². The molecule has 0 bridgehead atoms. The molecule has 1 heterocycles. The summed E-state index contributed by atoms with van der Waals surface area (Å²) in [7, 11) is 0. The van der Waals surface area contributed by atoms with Gasteiger partial charge in [-0.1, -0.05) is 11.6 Å². The molecular weight excluding hydrogens is 228 g/mol. The largest absolute Gasteiger partial charge is 0.478 e. The first-order valence-corrected chi connectivity index (χ1v) is 5.25. The van der Waals surface area contributed by atoms with E-state index >= 15 is 0 Å². The van der Waals surface area contributed by atoms with Crippen LogP contribution in [0.15, 0.2) is 17.0 Å². The number of hydrogen-bond donors (Lipinski definition) is 3. The van der Waals surface area contributed by atoms with Crippen LogP contribution in [0.3, 0.4) is 0 Å². The highest BCUT2D eigenvalue weighted by Crippen LogP contribution is 2.06. The Bertz CT molecular complexity index is 352. The third-order valence-electron chi connectivity index (χ3n) is 2.14. The summed E-state index contributed by atoms with van der Waals surface area (Å²) in [4.78, 5) is 25.6. The zero-order chi connectivity index (χ0) is 12.7. The Morgan fingerprint density at radius 2 is 2.06 bits per heavy atom. The molecule has 1 rings (SSSR count). The van der Waals surface area contributed by atoms with Crippen molar-refractivity contribution in [2.75, 3.05) is 6.54 Å². The van der Waals surface area contributed by atoms with Gasteiger partial charge in [0.1, 0.15) is 5.84 Å². The van der Waals surface area contributed by atoms with E-state index in [4.69, 9.17) is 10.2 Å². The van der Waals surface area contributed by atoms with Crippen molar-refractivity contribution < 1.29 is 24.6 Å². The van der Waals surface area contributed by atoms with Crippen molar-refractivity contribution in [1.29, 1.82) is 0 Å². The van der Waals surface area contributed by atoms with Crippen LogP contribution in [0, 0.1) is 0 Å². The van der Waals surface area contributed by atoms with E-state index in [1.54, 1.807) is 0 Å². The van der Waals surface area contributed by atoms with Gasteiger partial charge in [0.05, 0.1) is 6.08 Å². The van der Waals surface area contributed by atoms with E-state index in [0.717, 1.165) is 25.8 Å². The van der Waals surface area contributed by atoms with Gasteiger partial charge in [-0.3, -0.25) is 0 Å². The van der Waals surface area contributed by atoms with Crippen LogP contribution in [0.2, 0.25) is 0 Å². The van der Waals surface area contributed by atoms with Crippen molar-refractivity contribution in [2.45, 2.75) is 25.7 Å². The Kier molecular flexibility index (Phi) is 4.99. The minimum absolute atomic E-state index is 0.461. The molecule has 7 heteroatoms. The van der Waals surface area contributed by atoms with Crippen LogP contribution in [-0.4, -0.2) is 34.5 Å². The van der Waals surface area contributed by atoms with Gasteiger partial charge in [0.25, 0.3) is 0 Å². The number of carboxylic acids is 2. The van der Waals surface area contributed by atoms with Crippen molar-refractivity contribution in [2.24, 2.45) is 5.16 Å². The van der Waals surface area contributed by atoms with E-state index in [2.05, 4.69) is 15.3 Å². The summed E-state index contributed by atoms with van der Waals surface area (Å²) >= 11 is 0. The Balaban J connectivity index is 2.64. The fraction of sp³-hybridized carbons (Fsp3) is 0.500. The van der Waals surface area contributed by atoms with Gasteiger partial charge in [0.15, 0.2) is 0 Å². The van der Waals surface area contributed by atoms with Gasteiger partial charge in [-0.25, -0.2) is 9.59 Å². The topological polar surface area (TPSA) is 108 Å². The van der Waals surface area contributed by atoms with E-state index in [9.17, 15) is 9.59 Å². The standard InChI is InChI=1S/C10H14N2O5/c13-9(14)6-7(10(15)16)17-12-8-4-2-1-3-5-11-8/h6H,1-5H2,(H,11,12)(H,13,14)(H,15,16). The normalized spacial score (nSPS) is 19.3. The minimum atomic E-state index is -1.47. The lowest BCUT2D eigenvalue weighted by Gasteiger charge is -2.04. The van der Waals surface area contributed by atoms with Gasteiger partial charge in [-0.15, -0.1) is 0 Å². The summed E-state index contributed by atoms with van der Waals surface area (Å²) in [6, 6.07) is 0. The summed E-state index contributed by atoms with van der Waals surface area (Å²) in [5, 5.41) is 23.7. The molecule has 0 atom stereocenters. The van der Waals surface area contributed by atoms with Gasteiger partial charge in [0, 0.05) is 13.0 Å². The summed E-state index contributed by atoms with van der Waals surface area (Å²) < 4.78 is 0. The fourth-order valence-electron chi connectivity index (χ4n) is 1.34. The van der Waals surface area contributed by atoms with Crippen LogP contribution in [-0.2, 0) is 14.4 Å². The molecule has 0 amide bonds. The van der Waals surface area contributed by atoms with Crippen LogP contribution in [0.4, 0.5) is 0 Å². The number of nitrogens with zero attached hydrogens (tertiary/aromatic N) is 1. The fourth-order valence-corrected chi connectivity index (χ4v) is 1.34. The zero-order valence-electron chi connectivity index (χ0n) is 9.18. The highest BCUT2D eigenvalue weighted by atomic mass is 16.6. The number of aliphatic carboxylic acids is 2. The molecule has 0 aromatic heterocycles. The van der Waals surface area contributed by atoms with E-state index in [-0.39, 0.29) is 0 Å². The van der Waals surface area contributed by atoms with Crippen molar-refractivity contribution in [1.82, 2.24) is 5.32 Å². The summed E-state index contributed by atoms with van der Waals surface area (Å²) in [5.41, 5.74) is 0. The first-order chi connectivity index (χ1) is 8.09. The molecule has 1 aliphatic heterocycles. The Morgan fingerprint density at radius 1 is 1.29 bits per heavy atom. The molecule has 3 N–H and O–H groups in total. The number of hydrogen-bond acceptors (Lipinski definition) is 4. The molecule has 1 saturated heterocycles. The first kappa shape index (κ1) is 13.0. The molecule has 94 valence electrons. The lowest BCUT2D eigenvalue weighted by Crippen LogP contribution is -2.22. The number of rotatable bonds is 4. The molecule has 0 aromatic rings. The minimum Gasteiger partial charge on any atom is -0.478 e. The summed E-state index contributed by atoms with van der Waals surface area (Å²) in [6.07, 6.45) is 4.17.